The molecule has 1 aromatic heterocycles. The van der Waals surface area contributed by atoms with Gasteiger partial charge in [0.2, 0.25) is 0 Å². The van der Waals surface area contributed by atoms with Crippen LogP contribution in [0.2, 0.25) is 0 Å². The summed E-state index contributed by atoms with van der Waals surface area (Å²) in [4.78, 5) is 23.7. The van der Waals surface area contributed by atoms with Crippen LogP contribution in [0.25, 0.3) is 11.1 Å². The van der Waals surface area contributed by atoms with Gasteiger partial charge < -0.3 is 14.5 Å². The van der Waals surface area contributed by atoms with Crippen molar-refractivity contribution < 1.29 is 32.0 Å². The zero-order valence-electron chi connectivity index (χ0n) is 28.8. The van der Waals surface area contributed by atoms with E-state index in [9.17, 15) is 27.5 Å². The Kier molecular flexibility index (Phi) is 9.60. The molecule has 2 saturated carbocycles. The molecular formula is C37H47F4N5O3. The lowest BCUT2D eigenvalue weighted by Gasteiger charge is -2.48. The summed E-state index contributed by atoms with van der Waals surface area (Å²) in [5.74, 6) is 1.04. The summed E-state index contributed by atoms with van der Waals surface area (Å²) in [6.45, 7) is 6.52. The third-order valence-electron chi connectivity index (χ3n) is 10.7. The molecule has 49 heavy (non-hydrogen) atoms. The van der Waals surface area contributed by atoms with Gasteiger partial charge in [-0.05, 0) is 94.0 Å². The Morgan fingerprint density at radius 2 is 1.69 bits per heavy atom. The van der Waals surface area contributed by atoms with Crippen molar-refractivity contribution in [3.8, 4) is 11.1 Å². The number of urea groups is 1. The van der Waals surface area contributed by atoms with Crippen LogP contribution in [0.1, 0.15) is 83.5 Å². The SMILES string of the molecule is CC(C)(O)c1ccc(-c2cccc(N(CC3CCC4(c5noc(C(C)(C)F)n5)CCCC3C4)C(=O)N3CCN(CC(F)(F)F)CC3)c2)cc1. The molecule has 0 radical (unpaired) electrons. The number of carbonyl (C=O) groups is 1. The first-order valence-electron chi connectivity index (χ1n) is 17.3. The smallest absolute Gasteiger partial charge is 0.386 e. The Morgan fingerprint density at radius 1 is 0.980 bits per heavy atom. The minimum Gasteiger partial charge on any atom is -0.386 e. The van der Waals surface area contributed by atoms with E-state index in [2.05, 4.69) is 10.1 Å². The summed E-state index contributed by atoms with van der Waals surface area (Å²) in [7, 11) is 0. The van der Waals surface area contributed by atoms with Crippen LogP contribution in [0, 0.1) is 11.8 Å². The van der Waals surface area contributed by atoms with Crippen molar-refractivity contribution in [2.24, 2.45) is 11.8 Å². The summed E-state index contributed by atoms with van der Waals surface area (Å²) < 4.78 is 59.2. The number of anilines is 1. The van der Waals surface area contributed by atoms with Crippen molar-refractivity contribution in [2.75, 3.05) is 44.2 Å². The lowest BCUT2D eigenvalue weighted by molar-refractivity contribution is -0.148. The van der Waals surface area contributed by atoms with Gasteiger partial charge in [0.1, 0.15) is 0 Å². The number of nitrogens with zero attached hydrogens (tertiary/aromatic N) is 5. The highest BCUT2D eigenvalue weighted by atomic mass is 19.4. The van der Waals surface area contributed by atoms with Crippen molar-refractivity contribution in [3.05, 3.63) is 65.8 Å². The van der Waals surface area contributed by atoms with Gasteiger partial charge in [-0.3, -0.25) is 9.80 Å². The number of piperazine rings is 1. The van der Waals surface area contributed by atoms with E-state index in [1.807, 2.05) is 53.4 Å². The average molecular weight is 686 g/mol. The van der Waals surface area contributed by atoms with Crippen LogP contribution >= 0.6 is 0 Å². The van der Waals surface area contributed by atoms with Crippen LogP contribution in [-0.4, -0.2) is 76.5 Å². The van der Waals surface area contributed by atoms with Crippen molar-refractivity contribution in [2.45, 2.75) is 89.1 Å². The number of aromatic nitrogens is 2. The van der Waals surface area contributed by atoms with E-state index in [0.717, 1.165) is 60.9 Å². The van der Waals surface area contributed by atoms with Gasteiger partial charge in [-0.15, -0.1) is 0 Å². The summed E-state index contributed by atoms with van der Waals surface area (Å²) in [6, 6.07) is 15.3. The molecule has 2 aliphatic carbocycles. The van der Waals surface area contributed by atoms with E-state index in [4.69, 9.17) is 4.52 Å². The number of halogens is 4. The molecule has 2 aromatic carbocycles. The number of benzene rings is 2. The van der Waals surface area contributed by atoms with Crippen LogP contribution in [0.15, 0.2) is 53.1 Å². The number of hydrogen-bond donors (Lipinski definition) is 1. The molecule has 3 unspecified atom stereocenters. The second-order valence-corrected chi connectivity index (χ2v) is 15.3. The molecule has 0 spiro atoms. The van der Waals surface area contributed by atoms with Crippen molar-refractivity contribution in [1.29, 1.82) is 0 Å². The number of carbonyl (C=O) groups excluding carboxylic acids is 1. The third-order valence-corrected chi connectivity index (χ3v) is 10.7. The maximum atomic E-state index is 14.6. The molecule has 2 amide bonds. The van der Waals surface area contributed by atoms with E-state index < -0.39 is 24.0 Å². The van der Waals surface area contributed by atoms with Gasteiger partial charge in [-0.1, -0.05) is 54.4 Å². The topological polar surface area (TPSA) is 85.9 Å². The molecule has 3 fully saturated rings. The number of aliphatic hydroxyl groups is 1. The molecule has 3 aliphatic rings. The van der Waals surface area contributed by atoms with E-state index >= 15 is 0 Å². The Balaban J connectivity index is 1.25. The van der Waals surface area contributed by atoms with Crippen LogP contribution in [0.4, 0.5) is 28.0 Å². The second-order valence-electron chi connectivity index (χ2n) is 15.3. The van der Waals surface area contributed by atoms with E-state index in [1.54, 1.807) is 18.7 Å². The largest absolute Gasteiger partial charge is 0.401 e. The Hall–Kier alpha value is -3.51. The number of alkyl halides is 4. The molecule has 3 aromatic rings. The van der Waals surface area contributed by atoms with Gasteiger partial charge in [0.05, 0.1) is 12.1 Å². The van der Waals surface area contributed by atoms with Crippen LogP contribution in [0.3, 0.4) is 0 Å². The van der Waals surface area contributed by atoms with Gasteiger partial charge in [-0.2, -0.15) is 18.2 Å². The van der Waals surface area contributed by atoms with Crippen LogP contribution in [0.5, 0.6) is 0 Å². The molecule has 1 saturated heterocycles. The Morgan fingerprint density at radius 3 is 2.33 bits per heavy atom. The first-order valence-corrected chi connectivity index (χ1v) is 17.3. The summed E-state index contributed by atoms with van der Waals surface area (Å²) in [6.07, 6.45) is 1.04. The highest BCUT2D eigenvalue weighted by molar-refractivity contribution is 5.93. The first-order chi connectivity index (χ1) is 23.0. The fourth-order valence-electron chi connectivity index (χ4n) is 7.94. The lowest BCUT2D eigenvalue weighted by atomic mass is 9.58. The van der Waals surface area contributed by atoms with Gasteiger partial charge in [0, 0.05) is 43.8 Å². The first kappa shape index (κ1) is 35.3. The molecule has 6 rings (SSSR count). The molecule has 12 heteroatoms. The molecular weight excluding hydrogens is 638 g/mol. The average Bonchev–Trinajstić information content (AvgIpc) is 3.56. The minimum atomic E-state index is -4.29. The summed E-state index contributed by atoms with van der Waals surface area (Å²) in [5, 5.41) is 14.7. The van der Waals surface area contributed by atoms with Gasteiger partial charge >= 0.3 is 12.2 Å². The predicted molar refractivity (Wildman–Crippen MR) is 179 cm³/mol. The zero-order chi connectivity index (χ0) is 35.2. The van der Waals surface area contributed by atoms with Crippen molar-refractivity contribution in [3.63, 3.8) is 0 Å². The zero-order valence-corrected chi connectivity index (χ0v) is 28.8. The predicted octanol–water partition coefficient (Wildman–Crippen LogP) is 7.81. The van der Waals surface area contributed by atoms with E-state index in [-0.39, 0.29) is 49.4 Å². The fourth-order valence-corrected chi connectivity index (χ4v) is 7.94. The standard InChI is InChI=1S/C37H47F4N5O3/c1-34(2,38)32-42-31(43-49-32)36-15-6-8-27(22-36)28(14-16-36)23-46(33(47)45-19-17-44(18-20-45)24-37(39,40)41)30-9-5-7-26(21-30)25-10-12-29(13-11-25)35(3,4)48/h5,7,9-13,21,27-28,48H,6,8,14-20,22-24H2,1-4H3. The molecule has 1 N–H and O–H groups in total. The van der Waals surface area contributed by atoms with Gasteiger partial charge in [0.15, 0.2) is 11.5 Å². The van der Waals surface area contributed by atoms with E-state index in [1.165, 1.54) is 18.7 Å². The molecule has 3 atom stereocenters. The summed E-state index contributed by atoms with van der Waals surface area (Å²) in [5.41, 5.74) is 0.391. The second kappa shape index (κ2) is 13.3. The number of amides is 2. The highest BCUT2D eigenvalue weighted by Gasteiger charge is 2.48. The minimum absolute atomic E-state index is 0.0113. The molecule has 266 valence electrons. The number of fused-ring (bicyclic) bond motifs is 2. The van der Waals surface area contributed by atoms with Gasteiger partial charge in [0.25, 0.3) is 5.89 Å². The maximum absolute atomic E-state index is 14.6. The summed E-state index contributed by atoms with van der Waals surface area (Å²) >= 11 is 0. The molecule has 1 aliphatic heterocycles. The number of rotatable bonds is 8. The van der Waals surface area contributed by atoms with Crippen LogP contribution < -0.4 is 4.90 Å². The number of hydrogen-bond acceptors (Lipinski definition) is 6. The highest BCUT2D eigenvalue weighted by Crippen LogP contribution is 2.52. The van der Waals surface area contributed by atoms with Crippen molar-refractivity contribution >= 4 is 11.7 Å². The van der Waals surface area contributed by atoms with Gasteiger partial charge in [-0.25, -0.2) is 9.18 Å². The normalized spacial score (nSPS) is 23.8. The fraction of sp³-hybridized carbons (Fsp3) is 0.595. The quantitative estimate of drug-likeness (QED) is 0.244. The molecule has 8 nitrogen and oxygen atoms in total. The molecule has 2 bridgehead atoms. The lowest BCUT2D eigenvalue weighted by Crippen LogP contribution is -2.55. The van der Waals surface area contributed by atoms with Crippen molar-refractivity contribution in [1.82, 2.24) is 19.9 Å². The Labute approximate surface area is 285 Å². The third kappa shape index (κ3) is 7.95. The van der Waals surface area contributed by atoms with Crippen LogP contribution in [-0.2, 0) is 16.7 Å². The molecule has 2 heterocycles. The maximum Gasteiger partial charge on any atom is 0.401 e. The Bertz CT molecular complexity index is 1610. The van der Waals surface area contributed by atoms with E-state index in [0.29, 0.717) is 18.3 Å². The monoisotopic (exact) mass is 685 g/mol.